The highest BCUT2D eigenvalue weighted by molar-refractivity contribution is 9.10. The molecule has 0 bridgehead atoms. The molecule has 0 aromatic heterocycles. The smallest absolute Gasteiger partial charge is 0.416 e. The summed E-state index contributed by atoms with van der Waals surface area (Å²) >= 11 is 3.44. The maximum Gasteiger partial charge on any atom is 0.416 e. The summed E-state index contributed by atoms with van der Waals surface area (Å²) in [6, 6.07) is 17.7. The monoisotopic (exact) mass is 429 g/mol. The van der Waals surface area contributed by atoms with Crippen LogP contribution in [0.4, 0.5) is 4.79 Å². The molecule has 2 aromatic rings. The van der Waals surface area contributed by atoms with Gasteiger partial charge in [0.1, 0.15) is 11.8 Å². The van der Waals surface area contributed by atoms with Crippen LogP contribution in [0.15, 0.2) is 65.1 Å². The van der Waals surface area contributed by atoms with Crippen LogP contribution in [0.5, 0.6) is 0 Å². The molecule has 2 atom stereocenters. The highest BCUT2D eigenvalue weighted by Crippen LogP contribution is 2.37. The van der Waals surface area contributed by atoms with Crippen LogP contribution < -0.4 is 0 Å². The van der Waals surface area contributed by atoms with Gasteiger partial charge in [0.15, 0.2) is 0 Å². The number of allylic oxidation sites excluding steroid dienone is 1. The van der Waals surface area contributed by atoms with Crippen LogP contribution >= 0.6 is 15.9 Å². The Labute approximate surface area is 168 Å². The number of carbonyl (C=O) groups is 1. The Bertz CT molecular complexity index is 825. The van der Waals surface area contributed by atoms with Crippen molar-refractivity contribution in [2.24, 2.45) is 0 Å². The third-order valence-corrected chi connectivity index (χ3v) is 4.87. The molecule has 1 N–H and O–H groups in total. The molecular weight excluding hydrogens is 406 g/mol. The first-order valence-electron chi connectivity index (χ1n) is 8.97. The molecule has 0 spiro atoms. The number of ether oxygens (including phenoxy) is 1. The van der Waals surface area contributed by atoms with Gasteiger partial charge in [-0.25, -0.2) is 4.79 Å². The number of hydrogen-bond donors (Lipinski definition) is 1. The number of benzene rings is 2. The molecule has 5 heteroatoms. The summed E-state index contributed by atoms with van der Waals surface area (Å²) in [5.41, 5.74) is 1.97. The summed E-state index contributed by atoms with van der Waals surface area (Å²) in [7, 11) is 0. The largest absolute Gasteiger partial charge is 0.443 e. The van der Waals surface area contributed by atoms with E-state index in [0.717, 1.165) is 15.6 Å². The minimum absolute atomic E-state index is 0.0125. The van der Waals surface area contributed by atoms with Crippen LogP contribution in [0.1, 0.15) is 44.2 Å². The minimum Gasteiger partial charge on any atom is -0.443 e. The highest BCUT2D eigenvalue weighted by atomic mass is 79.9. The fourth-order valence-electron chi connectivity index (χ4n) is 3.15. The molecule has 2 aromatic carbocycles. The minimum atomic E-state index is -0.964. The molecular formula is C22H24BrNO3. The van der Waals surface area contributed by atoms with E-state index in [-0.39, 0.29) is 5.92 Å². The van der Waals surface area contributed by atoms with Gasteiger partial charge < -0.3 is 9.84 Å². The second-order valence-electron chi connectivity index (χ2n) is 7.64. The summed E-state index contributed by atoms with van der Waals surface area (Å²) in [6.45, 7) is 5.45. The van der Waals surface area contributed by atoms with Gasteiger partial charge in [0.2, 0.25) is 0 Å². The normalized spacial score (nSPS) is 20.2. The van der Waals surface area contributed by atoms with Gasteiger partial charge in [0, 0.05) is 16.8 Å². The van der Waals surface area contributed by atoms with E-state index < -0.39 is 17.9 Å². The topological polar surface area (TPSA) is 49.8 Å². The Morgan fingerprint density at radius 3 is 2.33 bits per heavy atom. The van der Waals surface area contributed by atoms with Gasteiger partial charge in [-0.2, -0.15) is 0 Å². The Morgan fingerprint density at radius 1 is 1.11 bits per heavy atom. The fraction of sp³-hybridized carbons (Fsp3) is 0.318. The quantitative estimate of drug-likeness (QED) is 0.682. The molecule has 0 saturated carbocycles. The zero-order chi connectivity index (χ0) is 19.6. The molecule has 3 rings (SSSR count). The van der Waals surface area contributed by atoms with E-state index >= 15 is 0 Å². The maximum absolute atomic E-state index is 12.8. The second kappa shape index (κ2) is 7.87. The van der Waals surface area contributed by atoms with Gasteiger partial charge in [0.25, 0.3) is 0 Å². The lowest BCUT2D eigenvalue weighted by Gasteiger charge is -2.37. The predicted octanol–water partition coefficient (Wildman–Crippen LogP) is 5.53. The first kappa shape index (κ1) is 19.6. The van der Waals surface area contributed by atoms with Gasteiger partial charge in [-0.3, -0.25) is 4.90 Å². The summed E-state index contributed by atoms with van der Waals surface area (Å²) in [6.07, 6.45) is 0.947. The van der Waals surface area contributed by atoms with Crippen LogP contribution in [-0.4, -0.2) is 27.9 Å². The average Bonchev–Trinajstić information content (AvgIpc) is 2.61. The Balaban J connectivity index is 2.03. The van der Waals surface area contributed by atoms with E-state index in [0.29, 0.717) is 12.1 Å². The van der Waals surface area contributed by atoms with Crippen LogP contribution in [-0.2, 0) is 4.74 Å². The van der Waals surface area contributed by atoms with E-state index in [2.05, 4.69) is 15.9 Å². The fourth-order valence-corrected chi connectivity index (χ4v) is 3.42. The van der Waals surface area contributed by atoms with Crippen molar-refractivity contribution in [1.82, 2.24) is 4.90 Å². The van der Waals surface area contributed by atoms with Crippen molar-refractivity contribution < 1.29 is 14.6 Å². The van der Waals surface area contributed by atoms with Crippen molar-refractivity contribution >= 4 is 27.7 Å². The molecule has 0 aliphatic carbocycles. The number of halogens is 1. The van der Waals surface area contributed by atoms with Crippen LogP contribution in [0.2, 0.25) is 0 Å². The van der Waals surface area contributed by atoms with Gasteiger partial charge in [-0.1, -0.05) is 64.5 Å². The number of carbonyl (C=O) groups excluding carboxylic acids is 1. The second-order valence-corrected chi connectivity index (χ2v) is 8.56. The van der Waals surface area contributed by atoms with Gasteiger partial charge in [0.05, 0.1) is 5.70 Å². The molecule has 1 unspecified atom stereocenters. The first-order valence-corrected chi connectivity index (χ1v) is 9.77. The summed E-state index contributed by atoms with van der Waals surface area (Å²) < 4.78 is 6.49. The molecule has 1 heterocycles. The number of amides is 1. The van der Waals surface area contributed by atoms with E-state index in [4.69, 9.17) is 4.74 Å². The lowest BCUT2D eigenvalue weighted by Crippen LogP contribution is -2.44. The van der Waals surface area contributed by atoms with Crippen molar-refractivity contribution in [3.8, 4) is 0 Å². The standard InChI is InChI=1S/C22H24BrNO3/c1-22(2,3)27-21(26)24-19(16-9-11-18(23)12-10-16)13-17(14-20(24)25)15-7-5-4-6-8-15/h4-13,17,20,25H,14H2,1-3H3/t17-,20?/m0/s1. The van der Waals surface area contributed by atoms with E-state index in [9.17, 15) is 9.90 Å². The summed E-state index contributed by atoms with van der Waals surface area (Å²) in [5.74, 6) is 0.0125. The number of rotatable bonds is 2. The van der Waals surface area contributed by atoms with Crippen molar-refractivity contribution in [3.05, 3.63) is 76.3 Å². The Hall–Kier alpha value is -2.11. The summed E-state index contributed by atoms with van der Waals surface area (Å²) in [4.78, 5) is 14.2. The Morgan fingerprint density at radius 2 is 1.74 bits per heavy atom. The predicted molar refractivity (Wildman–Crippen MR) is 110 cm³/mol. The van der Waals surface area contributed by atoms with E-state index in [1.54, 1.807) is 0 Å². The molecule has 4 nitrogen and oxygen atoms in total. The van der Waals surface area contributed by atoms with Crippen LogP contribution in [0, 0.1) is 0 Å². The number of aliphatic hydroxyl groups excluding tert-OH is 1. The molecule has 142 valence electrons. The SMILES string of the molecule is CC(C)(C)OC(=O)N1C(c2ccc(Br)cc2)=C[C@H](c2ccccc2)CC1O. The van der Waals surface area contributed by atoms with E-state index in [1.165, 1.54) is 4.90 Å². The lowest BCUT2D eigenvalue weighted by molar-refractivity contribution is -0.0134. The average molecular weight is 430 g/mol. The van der Waals surface area contributed by atoms with Crippen molar-refractivity contribution in [1.29, 1.82) is 0 Å². The molecule has 1 amide bonds. The molecule has 27 heavy (non-hydrogen) atoms. The van der Waals surface area contributed by atoms with Crippen molar-refractivity contribution in [2.45, 2.75) is 44.9 Å². The third-order valence-electron chi connectivity index (χ3n) is 4.34. The van der Waals surface area contributed by atoms with Gasteiger partial charge in [-0.05, 0) is 44.0 Å². The summed E-state index contributed by atoms with van der Waals surface area (Å²) in [5, 5.41) is 10.8. The maximum atomic E-state index is 12.8. The van der Waals surface area contributed by atoms with Gasteiger partial charge in [-0.15, -0.1) is 0 Å². The Kier molecular flexibility index (Phi) is 5.72. The van der Waals surface area contributed by atoms with Crippen LogP contribution in [0.25, 0.3) is 5.70 Å². The van der Waals surface area contributed by atoms with E-state index in [1.807, 2.05) is 81.4 Å². The zero-order valence-electron chi connectivity index (χ0n) is 15.7. The molecule has 1 aliphatic rings. The van der Waals surface area contributed by atoms with Crippen molar-refractivity contribution in [3.63, 3.8) is 0 Å². The molecule has 1 aliphatic heterocycles. The molecule has 0 saturated heterocycles. The highest BCUT2D eigenvalue weighted by Gasteiger charge is 2.36. The third kappa shape index (κ3) is 4.79. The molecule has 0 fully saturated rings. The molecule has 0 radical (unpaired) electrons. The van der Waals surface area contributed by atoms with Gasteiger partial charge >= 0.3 is 6.09 Å². The van der Waals surface area contributed by atoms with Crippen LogP contribution in [0.3, 0.4) is 0 Å². The first-order chi connectivity index (χ1) is 12.7. The lowest BCUT2D eigenvalue weighted by atomic mass is 9.89. The zero-order valence-corrected chi connectivity index (χ0v) is 17.3. The number of hydrogen-bond acceptors (Lipinski definition) is 3. The number of nitrogens with zero attached hydrogens (tertiary/aromatic N) is 1. The number of aliphatic hydroxyl groups is 1. The van der Waals surface area contributed by atoms with Crippen molar-refractivity contribution in [2.75, 3.05) is 0 Å².